The average Bonchev–Trinajstić information content (AvgIpc) is 3.23. The number of nitrogens with one attached hydrogen (secondary N) is 1. The number of rotatable bonds is 2. The largest absolute Gasteiger partial charge is 1.00 e. The number of aromatic nitrogens is 1. The van der Waals surface area contributed by atoms with Crippen LogP contribution in [0, 0.1) is 0 Å². The Labute approximate surface area is 202 Å². The first kappa shape index (κ1) is 20.7. The summed E-state index contributed by atoms with van der Waals surface area (Å²) in [6.45, 7) is 0. The molecule has 6 heteroatoms. The Morgan fingerprint density at radius 3 is 1.97 bits per heavy atom. The fraction of sp³-hybridized carbons (Fsp3) is 0.0385. The summed E-state index contributed by atoms with van der Waals surface area (Å²) in [6, 6.07) is 30.4. The van der Waals surface area contributed by atoms with Crippen LogP contribution in [0.5, 0.6) is 5.75 Å². The molecule has 4 nitrogen and oxygen atoms in total. The molecule has 0 unspecified atom stereocenters. The van der Waals surface area contributed by atoms with Crippen LogP contribution in [0.3, 0.4) is 0 Å². The van der Waals surface area contributed by atoms with Gasteiger partial charge in [-0.3, -0.25) is 0 Å². The summed E-state index contributed by atoms with van der Waals surface area (Å²) >= 11 is 1.61. The van der Waals surface area contributed by atoms with Gasteiger partial charge in [-0.15, -0.1) is 0 Å². The van der Waals surface area contributed by atoms with Crippen molar-refractivity contribution in [1.82, 2.24) is 0 Å². The van der Waals surface area contributed by atoms with E-state index in [1.54, 1.807) is 17.4 Å². The van der Waals surface area contributed by atoms with E-state index in [0.717, 1.165) is 43.7 Å². The predicted molar refractivity (Wildman–Crippen MR) is 126 cm³/mol. The van der Waals surface area contributed by atoms with E-state index in [0.29, 0.717) is 5.56 Å². The van der Waals surface area contributed by atoms with Crippen molar-refractivity contribution in [3.05, 3.63) is 91.0 Å². The number of benzene rings is 4. The molecular weight excluding hydrogens is 409 g/mol. The molecule has 0 spiro atoms. The molecule has 0 atom stereocenters. The molecule has 0 aliphatic carbocycles. The normalized spacial score (nSPS) is 12.3. The summed E-state index contributed by atoms with van der Waals surface area (Å²) in [6.07, 6.45) is 0. The summed E-state index contributed by atoms with van der Waals surface area (Å²) in [5, 5.41) is 14.1. The van der Waals surface area contributed by atoms with E-state index < -0.39 is 0 Å². The van der Waals surface area contributed by atoms with E-state index >= 15 is 0 Å². The maximum absolute atomic E-state index is 13.2. The van der Waals surface area contributed by atoms with Crippen molar-refractivity contribution in [2.24, 2.45) is 0 Å². The molecule has 0 saturated heterocycles. The number of H-pyrrole nitrogens is 1. The van der Waals surface area contributed by atoms with Crippen molar-refractivity contribution in [2.45, 2.75) is 0 Å². The number of thiazole rings is 1. The molecule has 5 aromatic rings. The Bertz CT molecular complexity index is 1370. The van der Waals surface area contributed by atoms with Gasteiger partial charge in [0.1, 0.15) is 4.70 Å². The molecule has 4 aromatic carbocycles. The number of hydrogen-bond acceptors (Lipinski definition) is 4. The third-order valence-corrected chi connectivity index (χ3v) is 6.89. The second kappa shape index (κ2) is 8.03. The fourth-order valence-corrected chi connectivity index (χ4v) is 5.32. The SMILES string of the molecule is CN1c2ccccc2N(c2ccc(-c3[nH+]c4ccccc4s3)c([O-])c2)c2ccccc21.[Li+]. The van der Waals surface area contributed by atoms with Crippen molar-refractivity contribution in [3.63, 3.8) is 0 Å². The van der Waals surface area contributed by atoms with Crippen molar-refractivity contribution < 1.29 is 29.0 Å². The van der Waals surface area contributed by atoms with Gasteiger partial charge in [0.05, 0.1) is 22.7 Å². The van der Waals surface area contributed by atoms with Gasteiger partial charge in [-0.05, 0) is 48.5 Å². The zero-order valence-corrected chi connectivity index (χ0v) is 18.7. The fourth-order valence-electron chi connectivity index (χ4n) is 4.29. The Morgan fingerprint density at radius 2 is 1.34 bits per heavy atom. The zero-order chi connectivity index (χ0) is 20.9. The number of nitrogens with zero attached hydrogens (tertiary/aromatic N) is 2. The van der Waals surface area contributed by atoms with E-state index in [4.69, 9.17) is 0 Å². The quantitative estimate of drug-likeness (QED) is 0.406. The maximum atomic E-state index is 13.2. The van der Waals surface area contributed by atoms with E-state index in [1.807, 2.05) is 54.6 Å². The number of para-hydroxylation sites is 5. The standard InChI is InChI=1S/C26H19N3OS.Li/c1-28-20-9-3-5-11-22(20)29(23-12-6-4-10-21(23)28)17-14-15-18(24(30)16-17)26-27-19-8-2-7-13-25(19)31-26;/h2-16,30H,1H3;/q;+1. The molecule has 0 fully saturated rings. The molecule has 1 N–H and O–H groups in total. The summed E-state index contributed by atoms with van der Waals surface area (Å²) < 4.78 is 1.14. The Balaban J connectivity index is 0.00000216. The molecule has 150 valence electrons. The molecule has 6 rings (SSSR count). The van der Waals surface area contributed by atoms with E-state index in [9.17, 15) is 5.11 Å². The van der Waals surface area contributed by atoms with E-state index in [2.05, 4.69) is 52.2 Å². The molecule has 1 aliphatic heterocycles. The van der Waals surface area contributed by atoms with Crippen LogP contribution in [0.2, 0.25) is 0 Å². The first-order valence-electron chi connectivity index (χ1n) is 10.1. The summed E-state index contributed by atoms with van der Waals surface area (Å²) in [5.41, 5.74) is 6.94. The van der Waals surface area contributed by atoms with Gasteiger partial charge in [0.25, 0.3) is 5.01 Å². The van der Waals surface area contributed by atoms with Crippen molar-refractivity contribution in [3.8, 4) is 16.3 Å². The van der Waals surface area contributed by atoms with Gasteiger partial charge in [-0.1, -0.05) is 53.5 Å². The van der Waals surface area contributed by atoms with Gasteiger partial charge >= 0.3 is 18.9 Å². The van der Waals surface area contributed by atoms with Crippen molar-refractivity contribution >= 4 is 50.0 Å². The van der Waals surface area contributed by atoms with Gasteiger partial charge in [-0.2, -0.15) is 4.98 Å². The molecule has 0 bridgehead atoms. The van der Waals surface area contributed by atoms with Crippen LogP contribution in [0.15, 0.2) is 91.0 Å². The van der Waals surface area contributed by atoms with Crippen LogP contribution in [0.4, 0.5) is 28.4 Å². The molecule has 2 heterocycles. The minimum Gasteiger partial charge on any atom is -0.872 e. The smallest absolute Gasteiger partial charge is 0.872 e. The molecule has 32 heavy (non-hydrogen) atoms. The van der Waals surface area contributed by atoms with Gasteiger partial charge in [-0.25, -0.2) is 0 Å². The summed E-state index contributed by atoms with van der Waals surface area (Å²) in [4.78, 5) is 7.75. The van der Waals surface area contributed by atoms with Crippen LogP contribution < -0.4 is 38.8 Å². The monoisotopic (exact) mass is 428 g/mol. The topological polar surface area (TPSA) is 43.7 Å². The minimum atomic E-state index is 0. The Kier molecular flexibility index (Phi) is 5.19. The number of anilines is 5. The minimum absolute atomic E-state index is 0. The second-order valence-corrected chi connectivity index (χ2v) is 8.66. The van der Waals surface area contributed by atoms with Crippen molar-refractivity contribution in [2.75, 3.05) is 16.8 Å². The molecular formula is C26H19LiN3OS+. The number of hydrogen-bond donors (Lipinski definition) is 0. The zero-order valence-electron chi connectivity index (χ0n) is 17.9. The first-order valence-corrected chi connectivity index (χ1v) is 11.0. The van der Waals surface area contributed by atoms with Crippen LogP contribution in [0.25, 0.3) is 20.8 Å². The van der Waals surface area contributed by atoms with Gasteiger partial charge in [0.2, 0.25) is 5.52 Å². The van der Waals surface area contributed by atoms with Crippen molar-refractivity contribution in [1.29, 1.82) is 0 Å². The van der Waals surface area contributed by atoms with Gasteiger partial charge in [0.15, 0.2) is 0 Å². The van der Waals surface area contributed by atoms with Crippen LogP contribution in [0.1, 0.15) is 0 Å². The van der Waals surface area contributed by atoms with Crippen LogP contribution in [-0.2, 0) is 0 Å². The maximum Gasteiger partial charge on any atom is 1.00 e. The van der Waals surface area contributed by atoms with E-state index in [-0.39, 0.29) is 24.6 Å². The number of aromatic amines is 1. The molecule has 0 amide bonds. The van der Waals surface area contributed by atoms with Gasteiger partial charge < -0.3 is 14.9 Å². The van der Waals surface area contributed by atoms with Gasteiger partial charge in [0, 0.05) is 24.4 Å². The molecule has 1 aliphatic rings. The predicted octanol–water partition coefficient (Wildman–Crippen LogP) is 3.01. The Hall–Kier alpha value is -3.23. The average molecular weight is 428 g/mol. The van der Waals surface area contributed by atoms with Crippen LogP contribution >= 0.6 is 11.3 Å². The molecule has 0 radical (unpaired) electrons. The third-order valence-electron chi connectivity index (χ3n) is 5.78. The third kappa shape index (κ3) is 3.18. The second-order valence-electron chi connectivity index (χ2n) is 7.60. The first-order chi connectivity index (χ1) is 15.2. The summed E-state index contributed by atoms with van der Waals surface area (Å²) in [5.74, 6) is 0.00852. The Morgan fingerprint density at radius 1 is 0.750 bits per heavy atom. The molecule has 1 aromatic heterocycles. The van der Waals surface area contributed by atoms with Crippen LogP contribution in [-0.4, -0.2) is 7.05 Å². The summed E-state index contributed by atoms with van der Waals surface area (Å²) in [7, 11) is 2.08. The molecule has 0 saturated carbocycles. The number of fused-ring (bicyclic) bond motifs is 3. The van der Waals surface area contributed by atoms with E-state index in [1.165, 1.54) is 0 Å².